The highest BCUT2D eigenvalue weighted by molar-refractivity contribution is 9.10. The Hall–Kier alpha value is -0.610. The van der Waals surface area contributed by atoms with E-state index < -0.39 is 5.54 Å². The van der Waals surface area contributed by atoms with Crippen LogP contribution in [0.3, 0.4) is 0 Å². The maximum absolute atomic E-state index is 13.7. The third-order valence-electron chi connectivity index (χ3n) is 3.26. The van der Waals surface area contributed by atoms with Crippen LogP contribution in [-0.4, -0.2) is 7.11 Å². The van der Waals surface area contributed by atoms with Gasteiger partial charge in [0.05, 0.1) is 7.11 Å². The Balaban J connectivity index is 2.57. The van der Waals surface area contributed by atoms with Gasteiger partial charge in [0, 0.05) is 15.6 Å². The molecular formula is C12H15BrFNO. The first kappa shape index (κ1) is 11.9. The van der Waals surface area contributed by atoms with Crippen molar-refractivity contribution in [2.45, 2.75) is 31.2 Å². The second-order valence-corrected chi connectivity index (χ2v) is 5.16. The van der Waals surface area contributed by atoms with Gasteiger partial charge in [-0.25, -0.2) is 4.39 Å². The predicted octanol–water partition coefficient (Wildman–Crippen LogP) is 3.32. The van der Waals surface area contributed by atoms with E-state index in [1.165, 1.54) is 13.2 Å². The Labute approximate surface area is 103 Å². The molecule has 0 spiro atoms. The molecule has 0 heterocycles. The maximum Gasteiger partial charge on any atom is 0.165 e. The van der Waals surface area contributed by atoms with Crippen molar-refractivity contribution in [3.05, 3.63) is 28.0 Å². The molecule has 1 saturated carbocycles. The summed E-state index contributed by atoms with van der Waals surface area (Å²) in [6.45, 7) is 0. The predicted molar refractivity (Wildman–Crippen MR) is 65.0 cm³/mol. The topological polar surface area (TPSA) is 35.2 Å². The molecule has 1 aliphatic carbocycles. The fourth-order valence-electron chi connectivity index (χ4n) is 2.45. The minimum Gasteiger partial charge on any atom is -0.493 e. The lowest BCUT2D eigenvalue weighted by molar-refractivity contribution is 0.356. The summed E-state index contributed by atoms with van der Waals surface area (Å²) >= 11 is 3.44. The van der Waals surface area contributed by atoms with Gasteiger partial charge in [-0.2, -0.15) is 0 Å². The van der Waals surface area contributed by atoms with Crippen LogP contribution >= 0.6 is 15.9 Å². The molecule has 4 heteroatoms. The number of ether oxygens (including phenoxy) is 1. The van der Waals surface area contributed by atoms with E-state index in [0.29, 0.717) is 0 Å². The number of benzene rings is 1. The number of rotatable bonds is 2. The first-order chi connectivity index (χ1) is 7.58. The van der Waals surface area contributed by atoms with Crippen LogP contribution in [0.2, 0.25) is 0 Å². The zero-order valence-electron chi connectivity index (χ0n) is 9.22. The Morgan fingerprint density at radius 3 is 2.56 bits per heavy atom. The van der Waals surface area contributed by atoms with E-state index in [-0.39, 0.29) is 11.6 Å². The van der Waals surface area contributed by atoms with Crippen LogP contribution in [0.25, 0.3) is 0 Å². The van der Waals surface area contributed by atoms with Crippen LogP contribution in [0.5, 0.6) is 5.75 Å². The summed E-state index contributed by atoms with van der Waals surface area (Å²) in [5.41, 5.74) is 6.67. The van der Waals surface area contributed by atoms with Crippen molar-refractivity contribution in [1.82, 2.24) is 0 Å². The van der Waals surface area contributed by atoms with Crippen molar-refractivity contribution in [3.8, 4) is 5.75 Å². The molecule has 0 atom stereocenters. The first-order valence-corrected chi connectivity index (χ1v) is 6.19. The standard InChI is InChI=1S/C12H15BrFNO/c1-16-11-9(14)5-4-8(13)10(11)12(15)6-2-3-7-12/h4-5H,2-3,6-7,15H2,1H3. The van der Waals surface area contributed by atoms with E-state index in [1.807, 2.05) is 0 Å². The van der Waals surface area contributed by atoms with Gasteiger partial charge >= 0.3 is 0 Å². The fraction of sp³-hybridized carbons (Fsp3) is 0.500. The van der Waals surface area contributed by atoms with Crippen LogP contribution in [-0.2, 0) is 5.54 Å². The molecule has 1 aromatic rings. The molecule has 88 valence electrons. The SMILES string of the molecule is COc1c(F)ccc(Br)c1C1(N)CCCC1. The molecule has 2 nitrogen and oxygen atoms in total. The average Bonchev–Trinajstić information content (AvgIpc) is 2.69. The van der Waals surface area contributed by atoms with Gasteiger partial charge in [-0.3, -0.25) is 0 Å². The summed E-state index contributed by atoms with van der Waals surface area (Å²) in [6.07, 6.45) is 3.93. The van der Waals surface area contributed by atoms with E-state index in [4.69, 9.17) is 10.5 Å². The third-order valence-corrected chi connectivity index (χ3v) is 3.92. The summed E-state index contributed by atoms with van der Waals surface area (Å²) in [5.74, 6) is -0.0730. The third kappa shape index (κ3) is 1.84. The number of hydrogen-bond donors (Lipinski definition) is 1. The minimum atomic E-state index is -0.452. The van der Waals surface area contributed by atoms with Crippen molar-refractivity contribution >= 4 is 15.9 Å². The number of nitrogens with two attached hydrogens (primary N) is 1. The molecule has 0 aliphatic heterocycles. The van der Waals surface area contributed by atoms with Crippen molar-refractivity contribution in [2.24, 2.45) is 5.73 Å². The van der Waals surface area contributed by atoms with Crippen molar-refractivity contribution in [1.29, 1.82) is 0 Å². The Morgan fingerprint density at radius 1 is 1.38 bits per heavy atom. The fourth-order valence-corrected chi connectivity index (χ4v) is 3.16. The monoisotopic (exact) mass is 287 g/mol. The van der Waals surface area contributed by atoms with Crippen LogP contribution in [0.15, 0.2) is 16.6 Å². The van der Waals surface area contributed by atoms with Gasteiger partial charge in [0.25, 0.3) is 0 Å². The number of hydrogen-bond acceptors (Lipinski definition) is 2. The normalized spacial score (nSPS) is 18.8. The molecule has 0 radical (unpaired) electrons. The van der Waals surface area contributed by atoms with Gasteiger partial charge in [-0.05, 0) is 25.0 Å². The summed E-state index contributed by atoms with van der Waals surface area (Å²) in [6, 6.07) is 3.09. The molecule has 1 aromatic carbocycles. The van der Waals surface area contributed by atoms with Gasteiger partial charge in [0.1, 0.15) is 0 Å². The van der Waals surface area contributed by atoms with E-state index in [0.717, 1.165) is 35.7 Å². The quantitative estimate of drug-likeness (QED) is 0.906. The summed E-state index contributed by atoms with van der Waals surface area (Å²) in [5, 5.41) is 0. The molecule has 2 N–H and O–H groups in total. The lowest BCUT2D eigenvalue weighted by Crippen LogP contribution is -2.34. The summed E-state index contributed by atoms with van der Waals surface area (Å²) in [7, 11) is 1.48. The maximum atomic E-state index is 13.7. The lowest BCUT2D eigenvalue weighted by Gasteiger charge is -2.27. The van der Waals surface area contributed by atoms with Gasteiger partial charge in [0.2, 0.25) is 0 Å². The highest BCUT2D eigenvalue weighted by atomic mass is 79.9. The zero-order valence-corrected chi connectivity index (χ0v) is 10.8. The van der Waals surface area contributed by atoms with Gasteiger partial charge in [0.15, 0.2) is 11.6 Å². The molecule has 0 amide bonds. The lowest BCUT2D eigenvalue weighted by atomic mass is 9.88. The van der Waals surface area contributed by atoms with Gasteiger partial charge in [-0.15, -0.1) is 0 Å². The smallest absolute Gasteiger partial charge is 0.165 e. The number of methoxy groups -OCH3 is 1. The Bertz CT molecular complexity index is 402. The molecule has 16 heavy (non-hydrogen) atoms. The largest absolute Gasteiger partial charge is 0.493 e. The molecule has 0 saturated heterocycles. The van der Waals surface area contributed by atoms with Crippen LogP contribution in [0.4, 0.5) is 4.39 Å². The van der Waals surface area contributed by atoms with Gasteiger partial charge < -0.3 is 10.5 Å². The van der Waals surface area contributed by atoms with Gasteiger partial charge in [-0.1, -0.05) is 28.8 Å². The minimum absolute atomic E-state index is 0.277. The Morgan fingerprint density at radius 2 is 2.00 bits per heavy atom. The van der Waals surface area contributed by atoms with Crippen molar-refractivity contribution in [3.63, 3.8) is 0 Å². The van der Waals surface area contributed by atoms with Crippen molar-refractivity contribution < 1.29 is 9.13 Å². The van der Waals surface area contributed by atoms with E-state index in [1.54, 1.807) is 6.07 Å². The molecule has 1 fully saturated rings. The Kier molecular flexibility index (Phi) is 3.22. The number of halogens is 2. The molecular weight excluding hydrogens is 273 g/mol. The molecule has 1 aliphatic rings. The summed E-state index contributed by atoms with van der Waals surface area (Å²) in [4.78, 5) is 0. The molecule has 0 bridgehead atoms. The van der Waals surface area contributed by atoms with E-state index in [2.05, 4.69) is 15.9 Å². The average molecular weight is 288 g/mol. The second kappa shape index (κ2) is 4.34. The zero-order chi connectivity index (χ0) is 11.8. The molecule has 2 rings (SSSR count). The van der Waals surface area contributed by atoms with Crippen molar-refractivity contribution in [2.75, 3.05) is 7.11 Å². The molecule has 0 unspecified atom stereocenters. The van der Waals surface area contributed by atoms with Crippen LogP contribution in [0.1, 0.15) is 31.2 Å². The molecule has 0 aromatic heterocycles. The highest BCUT2D eigenvalue weighted by Gasteiger charge is 2.36. The van der Waals surface area contributed by atoms with Crippen LogP contribution in [0, 0.1) is 5.82 Å². The first-order valence-electron chi connectivity index (χ1n) is 5.40. The van der Waals surface area contributed by atoms with E-state index in [9.17, 15) is 4.39 Å². The van der Waals surface area contributed by atoms with Crippen LogP contribution < -0.4 is 10.5 Å². The second-order valence-electron chi connectivity index (χ2n) is 4.30. The summed E-state index contributed by atoms with van der Waals surface area (Å²) < 4.78 is 19.6. The highest BCUT2D eigenvalue weighted by Crippen LogP contribution is 2.44. The van der Waals surface area contributed by atoms with E-state index >= 15 is 0 Å².